The molecule has 2 aromatic carbocycles. The van der Waals surface area contributed by atoms with Gasteiger partial charge in [-0.15, -0.1) is 0 Å². The van der Waals surface area contributed by atoms with Crippen LogP contribution in [-0.2, 0) is 27.5 Å². The minimum Gasteiger partial charge on any atom is -0.497 e. The van der Waals surface area contributed by atoms with Crippen LogP contribution >= 0.6 is 0 Å². The highest BCUT2D eigenvalue weighted by Gasteiger charge is 2.42. The standard InChI is InChI=1S/C29H41N3O5SSi/c1-22-17-30-28(31-18-22)27(37-39(7,8)29(2,3)4)21-38(33,34)32(19-23-9-13-25(35-5)14-10-23)20-24-11-15-26(36-6)16-12-24/h9-18,27H,19-21H2,1-8H3/t27-/m0/s1. The van der Waals surface area contributed by atoms with E-state index in [0.29, 0.717) is 17.3 Å². The van der Waals surface area contributed by atoms with Crippen LogP contribution in [0.25, 0.3) is 0 Å². The van der Waals surface area contributed by atoms with E-state index in [2.05, 4.69) is 43.8 Å². The average Bonchev–Trinajstić information content (AvgIpc) is 2.88. The van der Waals surface area contributed by atoms with Crippen LogP contribution in [-0.4, -0.2) is 51.0 Å². The van der Waals surface area contributed by atoms with Gasteiger partial charge in [0.2, 0.25) is 10.0 Å². The van der Waals surface area contributed by atoms with Crippen LogP contribution in [0.5, 0.6) is 11.5 Å². The summed E-state index contributed by atoms with van der Waals surface area (Å²) in [5, 5.41) is -0.119. The van der Waals surface area contributed by atoms with Gasteiger partial charge >= 0.3 is 0 Å². The summed E-state index contributed by atoms with van der Waals surface area (Å²) in [4.78, 5) is 8.94. The first kappa shape index (κ1) is 30.7. The van der Waals surface area contributed by atoms with Gasteiger partial charge in [0.25, 0.3) is 0 Å². The van der Waals surface area contributed by atoms with E-state index in [9.17, 15) is 8.42 Å². The molecule has 0 bridgehead atoms. The highest BCUT2D eigenvalue weighted by molar-refractivity contribution is 7.89. The molecule has 3 rings (SSSR count). The number of benzene rings is 2. The highest BCUT2D eigenvalue weighted by Crippen LogP contribution is 2.40. The molecule has 0 unspecified atom stereocenters. The number of hydrogen-bond donors (Lipinski definition) is 0. The van der Waals surface area contributed by atoms with Crippen LogP contribution in [0.4, 0.5) is 0 Å². The van der Waals surface area contributed by atoms with Gasteiger partial charge in [0, 0.05) is 25.5 Å². The maximum Gasteiger partial charge on any atom is 0.217 e. The van der Waals surface area contributed by atoms with Crippen LogP contribution in [0, 0.1) is 6.92 Å². The summed E-state index contributed by atoms with van der Waals surface area (Å²) in [7, 11) is -2.99. The number of sulfonamides is 1. The lowest BCUT2D eigenvalue weighted by atomic mass is 10.2. The lowest BCUT2D eigenvalue weighted by Gasteiger charge is -2.39. The van der Waals surface area contributed by atoms with Crippen molar-refractivity contribution < 1.29 is 22.3 Å². The number of nitrogens with zero attached hydrogens (tertiary/aromatic N) is 3. The predicted octanol–water partition coefficient (Wildman–Crippen LogP) is 5.90. The Morgan fingerprint density at radius 3 is 1.67 bits per heavy atom. The van der Waals surface area contributed by atoms with Crippen LogP contribution in [0.2, 0.25) is 18.1 Å². The Morgan fingerprint density at radius 2 is 1.28 bits per heavy atom. The monoisotopic (exact) mass is 571 g/mol. The first-order chi connectivity index (χ1) is 18.2. The molecule has 8 nitrogen and oxygen atoms in total. The Hall–Kier alpha value is -2.79. The highest BCUT2D eigenvalue weighted by atomic mass is 32.2. The third-order valence-corrected chi connectivity index (χ3v) is 13.4. The molecule has 0 amide bonds. The molecule has 0 N–H and O–H groups in total. The number of aryl methyl sites for hydroxylation is 1. The van der Waals surface area contributed by atoms with Crippen LogP contribution < -0.4 is 9.47 Å². The van der Waals surface area contributed by atoms with Gasteiger partial charge in [0.1, 0.15) is 17.6 Å². The molecule has 1 atom stereocenters. The van der Waals surface area contributed by atoms with Crippen LogP contribution in [0.15, 0.2) is 60.9 Å². The quantitative estimate of drug-likeness (QED) is 0.250. The molecule has 3 aromatic rings. The predicted molar refractivity (Wildman–Crippen MR) is 157 cm³/mol. The Labute approximate surface area is 234 Å². The van der Waals surface area contributed by atoms with Gasteiger partial charge in [-0.3, -0.25) is 0 Å². The summed E-state index contributed by atoms with van der Waals surface area (Å²) in [5.41, 5.74) is 2.59. The second kappa shape index (κ2) is 12.6. The van der Waals surface area contributed by atoms with Crippen molar-refractivity contribution in [1.29, 1.82) is 0 Å². The molecule has 1 aromatic heterocycles. The minimum absolute atomic E-state index is 0.119. The zero-order chi connectivity index (χ0) is 28.8. The van der Waals surface area contributed by atoms with E-state index in [1.807, 2.05) is 55.5 Å². The third kappa shape index (κ3) is 8.35. The SMILES string of the molecule is COc1ccc(CN(Cc2ccc(OC)cc2)S(=O)(=O)C[C@H](O[Si](C)(C)C(C)(C)C)c2ncc(C)cn2)cc1. The zero-order valence-corrected chi connectivity index (χ0v) is 26.1. The molecule has 0 aliphatic rings. The van der Waals surface area contributed by atoms with E-state index in [-0.39, 0.29) is 23.9 Å². The van der Waals surface area contributed by atoms with Crippen LogP contribution in [0.1, 0.15) is 49.4 Å². The van der Waals surface area contributed by atoms with Crippen molar-refractivity contribution >= 4 is 18.3 Å². The second-order valence-corrected chi connectivity index (χ2v) is 18.0. The number of ether oxygens (including phenoxy) is 2. The molecular formula is C29H41N3O5SSi. The number of hydrogen-bond acceptors (Lipinski definition) is 7. The molecule has 0 spiro atoms. The number of aromatic nitrogens is 2. The molecule has 1 heterocycles. The lowest BCUT2D eigenvalue weighted by Crippen LogP contribution is -2.44. The number of rotatable bonds is 12. The average molecular weight is 572 g/mol. The fourth-order valence-corrected chi connectivity index (χ4v) is 6.56. The van der Waals surface area contributed by atoms with E-state index in [1.54, 1.807) is 26.6 Å². The minimum atomic E-state index is -3.84. The molecule has 0 saturated carbocycles. The Kier molecular flexibility index (Phi) is 9.92. The summed E-state index contributed by atoms with van der Waals surface area (Å²) in [5.74, 6) is 1.53. The molecule has 0 aliphatic heterocycles. The lowest BCUT2D eigenvalue weighted by molar-refractivity contribution is 0.193. The first-order valence-electron chi connectivity index (χ1n) is 12.9. The molecule has 39 heavy (non-hydrogen) atoms. The maximum atomic E-state index is 14.1. The summed E-state index contributed by atoms with van der Waals surface area (Å²) >= 11 is 0. The van der Waals surface area contributed by atoms with E-state index < -0.39 is 24.4 Å². The van der Waals surface area contributed by atoms with Crippen molar-refractivity contribution in [2.24, 2.45) is 0 Å². The third-order valence-electron chi connectivity index (χ3n) is 7.12. The normalized spacial score (nSPS) is 13.4. The maximum absolute atomic E-state index is 14.1. The van der Waals surface area contributed by atoms with Crippen molar-refractivity contribution in [1.82, 2.24) is 14.3 Å². The van der Waals surface area contributed by atoms with Gasteiger partial charge in [-0.05, 0) is 66.0 Å². The molecule has 0 saturated heterocycles. The molecular weight excluding hydrogens is 530 g/mol. The van der Waals surface area contributed by atoms with Crippen molar-refractivity contribution in [3.8, 4) is 11.5 Å². The molecule has 0 fully saturated rings. The fraction of sp³-hybridized carbons (Fsp3) is 0.448. The molecule has 0 aliphatic carbocycles. The van der Waals surface area contributed by atoms with E-state index in [0.717, 1.165) is 16.7 Å². The van der Waals surface area contributed by atoms with Crippen molar-refractivity contribution in [3.63, 3.8) is 0 Å². The largest absolute Gasteiger partial charge is 0.497 e. The van der Waals surface area contributed by atoms with E-state index >= 15 is 0 Å². The molecule has 10 heteroatoms. The first-order valence-corrected chi connectivity index (χ1v) is 17.5. The Morgan fingerprint density at radius 1 is 0.846 bits per heavy atom. The van der Waals surface area contributed by atoms with Gasteiger partial charge in [-0.25, -0.2) is 18.4 Å². The van der Waals surface area contributed by atoms with Crippen molar-refractivity contribution in [3.05, 3.63) is 83.4 Å². The molecule has 212 valence electrons. The summed E-state index contributed by atoms with van der Waals surface area (Å²) in [6, 6.07) is 14.8. The van der Waals surface area contributed by atoms with Gasteiger partial charge < -0.3 is 13.9 Å². The summed E-state index contributed by atoms with van der Waals surface area (Å²) in [6.07, 6.45) is 2.60. The van der Waals surface area contributed by atoms with Crippen molar-refractivity contribution in [2.75, 3.05) is 20.0 Å². The van der Waals surface area contributed by atoms with Gasteiger partial charge in [0.05, 0.1) is 20.0 Å². The fourth-order valence-electron chi connectivity index (χ4n) is 3.68. The summed E-state index contributed by atoms with van der Waals surface area (Å²) < 4.78 is 46.9. The Bertz CT molecular complexity index is 1260. The smallest absolute Gasteiger partial charge is 0.217 e. The second-order valence-electron chi connectivity index (χ2n) is 11.2. The van der Waals surface area contributed by atoms with Gasteiger partial charge in [-0.1, -0.05) is 45.0 Å². The van der Waals surface area contributed by atoms with Gasteiger partial charge in [-0.2, -0.15) is 4.31 Å². The zero-order valence-electron chi connectivity index (χ0n) is 24.3. The van der Waals surface area contributed by atoms with E-state index in [1.165, 1.54) is 4.31 Å². The molecule has 0 radical (unpaired) electrons. The Balaban J connectivity index is 1.98. The topological polar surface area (TPSA) is 90.9 Å². The van der Waals surface area contributed by atoms with Crippen molar-refractivity contribution in [2.45, 2.75) is 65.0 Å². The van der Waals surface area contributed by atoms with Gasteiger partial charge in [0.15, 0.2) is 14.1 Å². The van der Waals surface area contributed by atoms with E-state index in [4.69, 9.17) is 13.9 Å². The van der Waals surface area contributed by atoms with Crippen LogP contribution in [0.3, 0.4) is 0 Å². The summed E-state index contributed by atoms with van der Waals surface area (Å²) in [6.45, 7) is 12.9. The number of methoxy groups -OCH3 is 2.